The third-order valence-corrected chi connectivity index (χ3v) is 10.1. The van der Waals surface area contributed by atoms with Crippen LogP contribution in [0.15, 0.2) is 188 Å². The number of para-hydroxylation sites is 2. The summed E-state index contributed by atoms with van der Waals surface area (Å²) in [5.74, 6) is 0. The molecule has 1 unspecified atom stereocenters. The van der Waals surface area contributed by atoms with E-state index in [1.54, 1.807) is 6.20 Å². The molecule has 0 saturated carbocycles. The van der Waals surface area contributed by atoms with Crippen molar-refractivity contribution in [3.63, 3.8) is 0 Å². The van der Waals surface area contributed by atoms with Gasteiger partial charge in [0, 0.05) is 33.8 Å². The minimum atomic E-state index is 0.0605. The topological polar surface area (TPSA) is 43.0 Å². The number of nitrogens with two attached hydrogens (primary N) is 1. The van der Waals surface area contributed by atoms with Crippen LogP contribution in [0.5, 0.6) is 0 Å². The fourth-order valence-corrected chi connectivity index (χ4v) is 7.71. The number of nitrogens with one attached hydrogen (secondary N) is 1. The van der Waals surface area contributed by atoms with Crippen molar-refractivity contribution in [2.75, 3.05) is 5.32 Å². The number of allylic oxidation sites excluding steroid dienone is 2. The lowest BCUT2D eigenvalue weighted by molar-refractivity contribution is 0.876. The zero-order chi connectivity index (χ0) is 34.1. The van der Waals surface area contributed by atoms with Gasteiger partial charge in [-0.2, -0.15) is 0 Å². The predicted octanol–water partition coefficient (Wildman–Crippen LogP) is 11.7. The van der Waals surface area contributed by atoms with Gasteiger partial charge in [0.05, 0.1) is 11.0 Å². The third-order valence-electron chi connectivity index (χ3n) is 10.1. The van der Waals surface area contributed by atoms with Crippen molar-refractivity contribution < 1.29 is 0 Å². The number of benzene rings is 7. The molecule has 8 aromatic rings. The maximum atomic E-state index is 6.03. The molecule has 1 atom stereocenters. The first-order valence-corrected chi connectivity index (χ1v) is 17.6. The molecular weight excluding hydrogens is 619 g/mol. The summed E-state index contributed by atoms with van der Waals surface area (Å²) < 4.78 is 2.37. The Morgan fingerprint density at radius 2 is 1.25 bits per heavy atom. The largest absolute Gasteiger partial charge is 0.405 e. The molecule has 7 aromatic carbocycles. The van der Waals surface area contributed by atoms with Crippen molar-refractivity contribution in [3.05, 3.63) is 199 Å². The van der Waals surface area contributed by atoms with Crippen molar-refractivity contribution in [1.82, 2.24) is 4.57 Å². The van der Waals surface area contributed by atoms with Crippen molar-refractivity contribution in [2.45, 2.75) is 12.5 Å². The van der Waals surface area contributed by atoms with Gasteiger partial charge in [0.1, 0.15) is 0 Å². The number of hydrogen-bond donors (Lipinski definition) is 2. The summed E-state index contributed by atoms with van der Waals surface area (Å²) in [6.07, 6.45) is 6.83. The monoisotopic (exact) mass is 655 g/mol. The second-order valence-electron chi connectivity index (χ2n) is 13.2. The number of rotatable bonds is 6. The number of nitrogens with zero attached hydrogens (tertiary/aromatic N) is 1. The van der Waals surface area contributed by atoms with Gasteiger partial charge in [0.15, 0.2) is 0 Å². The smallest absolute Gasteiger partial charge is 0.0541 e. The van der Waals surface area contributed by atoms with Crippen molar-refractivity contribution >= 4 is 33.1 Å². The minimum absolute atomic E-state index is 0.0605. The van der Waals surface area contributed by atoms with Crippen molar-refractivity contribution in [3.8, 4) is 39.1 Å². The van der Waals surface area contributed by atoms with E-state index in [-0.39, 0.29) is 6.04 Å². The van der Waals surface area contributed by atoms with E-state index in [4.69, 9.17) is 5.73 Å². The molecule has 1 aromatic heterocycles. The fourth-order valence-electron chi connectivity index (χ4n) is 7.71. The molecule has 9 rings (SSSR count). The maximum Gasteiger partial charge on any atom is 0.0541 e. The van der Waals surface area contributed by atoms with Crippen LogP contribution in [0.3, 0.4) is 0 Å². The average molecular weight is 656 g/mol. The first-order chi connectivity index (χ1) is 25.2. The number of anilines is 1. The molecule has 0 bridgehead atoms. The molecule has 0 saturated heterocycles. The zero-order valence-corrected chi connectivity index (χ0v) is 28.2. The van der Waals surface area contributed by atoms with E-state index in [2.05, 4.69) is 186 Å². The van der Waals surface area contributed by atoms with Crippen LogP contribution in [0.1, 0.15) is 11.1 Å². The highest BCUT2D eigenvalue weighted by molar-refractivity contribution is 6.10. The molecule has 51 heavy (non-hydrogen) atoms. The SMILES string of the molecule is N/C=C\C(=C/C1Cc2ccccc2-c2cc(-c3ccc4c(c3)c3ccccc3n4-c3ccccc3)ccc2N1)c1cccc(-c2ccccc2)c1. The molecule has 1 aliphatic rings. The molecule has 0 fully saturated rings. The summed E-state index contributed by atoms with van der Waals surface area (Å²) in [4.78, 5) is 0. The Balaban J connectivity index is 1.11. The van der Waals surface area contributed by atoms with Crippen LogP contribution in [-0.4, -0.2) is 10.6 Å². The van der Waals surface area contributed by atoms with Gasteiger partial charge >= 0.3 is 0 Å². The maximum absolute atomic E-state index is 6.03. The molecule has 2 heterocycles. The van der Waals surface area contributed by atoms with Crippen molar-refractivity contribution in [2.24, 2.45) is 5.73 Å². The van der Waals surface area contributed by atoms with Crippen molar-refractivity contribution in [1.29, 1.82) is 0 Å². The summed E-state index contributed by atoms with van der Waals surface area (Å²) in [5.41, 5.74) is 21.6. The Hall–Kier alpha value is -6.58. The van der Waals surface area contributed by atoms with E-state index < -0.39 is 0 Å². The van der Waals surface area contributed by atoms with Gasteiger partial charge in [-0.25, -0.2) is 0 Å². The van der Waals surface area contributed by atoms with Crippen LogP contribution in [0, 0.1) is 0 Å². The van der Waals surface area contributed by atoms with Gasteiger partial charge in [-0.05, 0) is 112 Å². The Morgan fingerprint density at radius 1 is 0.569 bits per heavy atom. The highest BCUT2D eigenvalue weighted by atomic mass is 15.0. The Labute approximate surface area is 298 Å². The predicted molar refractivity (Wildman–Crippen MR) is 216 cm³/mol. The number of fused-ring (bicyclic) bond motifs is 6. The summed E-state index contributed by atoms with van der Waals surface area (Å²) in [6, 6.07) is 61.2. The van der Waals surface area contributed by atoms with E-state index in [0.717, 1.165) is 23.2 Å². The summed E-state index contributed by atoms with van der Waals surface area (Å²) in [6.45, 7) is 0. The standard InChI is InChI=1S/C48H37N3/c49-27-26-38(35-16-11-15-34(28-35)33-12-3-1-4-13-33)29-40-30-39-14-7-8-19-42(39)44-31-36(22-24-46(44)50-40)37-23-25-48-45(32-37)43-20-9-10-21-47(43)51(48)41-17-5-2-6-18-41/h1-29,31-32,40,50H,30,49H2/b27-26-,38-29+. The molecule has 0 radical (unpaired) electrons. The normalized spacial score (nSPS) is 14.3. The first-order valence-electron chi connectivity index (χ1n) is 17.6. The number of aromatic nitrogens is 1. The Kier molecular flexibility index (Phi) is 7.79. The average Bonchev–Trinajstić information content (AvgIpc) is 3.43. The van der Waals surface area contributed by atoms with Crippen LogP contribution < -0.4 is 11.1 Å². The van der Waals surface area contributed by atoms with E-state index in [0.29, 0.717) is 0 Å². The van der Waals surface area contributed by atoms with Gasteiger partial charge in [0.2, 0.25) is 0 Å². The molecular formula is C48H37N3. The Morgan fingerprint density at radius 3 is 2.12 bits per heavy atom. The fraction of sp³-hybridized carbons (Fsp3) is 0.0417. The quantitative estimate of drug-likeness (QED) is 0.175. The van der Waals surface area contributed by atoms with E-state index in [9.17, 15) is 0 Å². The molecule has 3 heteroatoms. The zero-order valence-electron chi connectivity index (χ0n) is 28.2. The highest BCUT2D eigenvalue weighted by Crippen LogP contribution is 2.40. The van der Waals surface area contributed by atoms with Gasteiger partial charge in [0.25, 0.3) is 0 Å². The lowest BCUT2D eigenvalue weighted by Crippen LogP contribution is -2.19. The third kappa shape index (κ3) is 5.69. The second-order valence-corrected chi connectivity index (χ2v) is 13.2. The van der Waals surface area contributed by atoms with Crippen LogP contribution in [0.25, 0.3) is 66.4 Å². The molecule has 0 spiro atoms. The molecule has 1 aliphatic heterocycles. The van der Waals surface area contributed by atoms with E-state index in [1.807, 2.05) is 6.08 Å². The van der Waals surface area contributed by atoms with Gasteiger partial charge in [-0.15, -0.1) is 0 Å². The molecule has 0 aliphatic carbocycles. The molecule has 0 amide bonds. The summed E-state index contributed by atoms with van der Waals surface area (Å²) in [5, 5.41) is 6.42. The lowest BCUT2D eigenvalue weighted by atomic mass is 9.93. The lowest BCUT2D eigenvalue weighted by Gasteiger charge is -2.17. The van der Waals surface area contributed by atoms with Crippen LogP contribution in [0.2, 0.25) is 0 Å². The second kappa shape index (κ2) is 13.0. The van der Waals surface area contributed by atoms with Crippen LogP contribution in [0.4, 0.5) is 5.69 Å². The molecule has 3 N–H and O–H groups in total. The summed E-state index contributed by atoms with van der Waals surface area (Å²) >= 11 is 0. The minimum Gasteiger partial charge on any atom is -0.405 e. The number of hydrogen-bond acceptors (Lipinski definition) is 2. The molecule has 244 valence electrons. The summed E-state index contributed by atoms with van der Waals surface area (Å²) in [7, 11) is 0. The van der Waals surface area contributed by atoms with E-state index in [1.165, 1.54) is 66.4 Å². The van der Waals surface area contributed by atoms with Gasteiger partial charge < -0.3 is 15.6 Å². The van der Waals surface area contributed by atoms with Crippen LogP contribution in [-0.2, 0) is 6.42 Å². The first kappa shape index (κ1) is 30.5. The van der Waals surface area contributed by atoms with Gasteiger partial charge in [-0.1, -0.05) is 127 Å². The van der Waals surface area contributed by atoms with Crippen LogP contribution >= 0.6 is 0 Å². The highest BCUT2D eigenvalue weighted by Gasteiger charge is 2.21. The van der Waals surface area contributed by atoms with Gasteiger partial charge in [-0.3, -0.25) is 0 Å². The van der Waals surface area contributed by atoms with E-state index >= 15 is 0 Å². The molecule has 3 nitrogen and oxygen atoms in total. The Bertz CT molecular complexity index is 2590.